The first-order chi connectivity index (χ1) is 12.4. The fraction of sp³-hybridized carbons (Fsp3) is 0.889. The highest BCUT2D eigenvalue weighted by atomic mass is 16.7. The van der Waals surface area contributed by atoms with Crippen molar-refractivity contribution in [2.24, 2.45) is 5.41 Å². The molecule has 0 aromatic rings. The molecule has 1 heterocycles. The number of rotatable bonds is 8. The second-order valence-electron chi connectivity index (χ2n) is 8.61. The molecular formula is C18H34N2O7. The zero-order valence-electron chi connectivity index (χ0n) is 17.2. The molecule has 1 atom stereocenters. The van der Waals surface area contributed by atoms with Gasteiger partial charge in [0, 0.05) is 24.2 Å². The molecule has 0 aromatic heterocycles. The second kappa shape index (κ2) is 9.18. The average molecular weight is 390 g/mol. The van der Waals surface area contributed by atoms with Crippen LogP contribution in [0, 0.1) is 5.41 Å². The minimum Gasteiger partial charge on any atom is -0.433 e. The zero-order chi connectivity index (χ0) is 20.9. The van der Waals surface area contributed by atoms with E-state index in [9.17, 15) is 19.9 Å². The van der Waals surface area contributed by atoms with Crippen molar-refractivity contribution in [3.63, 3.8) is 0 Å². The maximum absolute atomic E-state index is 12.7. The maximum atomic E-state index is 12.7. The van der Waals surface area contributed by atoms with Crippen LogP contribution >= 0.6 is 0 Å². The summed E-state index contributed by atoms with van der Waals surface area (Å²) in [5, 5.41) is 24.3. The third kappa shape index (κ3) is 6.31. The van der Waals surface area contributed by atoms with Crippen molar-refractivity contribution >= 4 is 12.1 Å². The monoisotopic (exact) mass is 390 g/mol. The molecule has 0 bridgehead atoms. The van der Waals surface area contributed by atoms with Gasteiger partial charge < -0.3 is 29.8 Å². The topological polar surface area (TPSA) is 118 Å². The molecule has 1 unspecified atom stereocenters. The summed E-state index contributed by atoms with van der Waals surface area (Å²) in [7, 11) is 1.48. The number of nitrogens with one attached hydrogen (secondary N) is 1. The molecule has 0 spiro atoms. The number of piperidine rings is 1. The highest BCUT2D eigenvalue weighted by Gasteiger charge is 2.46. The number of nitrogens with zero attached hydrogens (tertiary/aromatic N) is 1. The van der Waals surface area contributed by atoms with Crippen LogP contribution in [0.5, 0.6) is 0 Å². The Morgan fingerprint density at radius 1 is 1.15 bits per heavy atom. The Balaban J connectivity index is 2.67. The van der Waals surface area contributed by atoms with E-state index in [-0.39, 0.29) is 25.9 Å². The molecule has 1 aliphatic heterocycles. The van der Waals surface area contributed by atoms with Gasteiger partial charge in [0.15, 0.2) is 0 Å². The van der Waals surface area contributed by atoms with Gasteiger partial charge in [0.05, 0.1) is 13.2 Å². The van der Waals surface area contributed by atoms with Crippen molar-refractivity contribution in [3.05, 3.63) is 0 Å². The van der Waals surface area contributed by atoms with E-state index in [2.05, 4.69) is 5.32 Å². The number of ether oxygens (including phenoxy) is 3. The van der Waals surface area contributed by atoms with Crippen molar-refractivity contribution in [2.45, 2.75) is 64.6 Å². The number of hydrogen-bond donors (Lipinski definition) is 3. The van der Waals surface area contributed by atoms with E-state index in [0.29, 0.717) is 12.8 Å². The van der Waals surface area contributed by atoms with Crippen molar-refractivity contribution in [1.29, 1.82) is 0 Å². The van der Waals surface area contributed by atoms with E-state index in [1.165, 1.54) is 19.1 Å². The maximum Gasteiger partial charge on any atom is 0.508 e. The van der Waals surface area contributed by atoms with E-state index in [1.54, 1.807) is 0 Å². The molecule has 9 heteroatoms. The predicted molar refractivity (Wildman–Crippen MR) is 97.3 cm³/mol. The van der Waals surface area contributed by atoms with Crippen LogP contribution in [-0.4, -0.2) is 78.1 Å². The summed E-state index contributed by atoms with van der Waals surface area (Å²) in [4.78, 5) is 24.3. The van der Waals surface area contributed by atoms with E-state index < -0.39 is 35.2 Å². The van der Waals surface area contributed by atoms with E-state index >= 15 is 0 Å². The molecule has 27 heavy (non-hydrogen) atoms. The third-order valence-electron chi connectivity index (χ3n) is 4.89. The molecule has 1 aliphatic rings. The lowest BCUT2D eigenvalue weighted by Gasteiger charge is -2.51. The first-order valence-corrected chi connectivity index (χ1v) is 9.07. The smallest absolute Gasteiger partial charge is 0.433 e. The molecule has 3 N–H and O–H groups in total. The van der Waals surface area contributed by atoms with Crippen LogP contribution in [0.2, 0.25) is 0 Å². The lowest BCUT2D eigenvalue weighted by Crippen LogP contribution is -2.64. The van der Waals surface area contributed by atoms with Gasteiger partial charge >= 0.3 is 6.16 Å². The molecular weight excluding hydrogens is 356 g/mol. The summed E-state index contributed by atoms with van der Waals surface area (Å²) < 4.78 is 14.5. The summed E-state index contributed by atoms with van der Waals surface area (Å²) in [5.74, 6) is -0.419. The van der Waals surface area contributed by atoms with Gasteiger partial charge in [0.1, 0.15) is 18.6 Å². The van der Waals surface area contributed by atoms with Gasteiger partial charge in [-0.2, -0.15) is 5.06 Å². The molecule has 1 fully saturated rings. The van der Waals surface area contributed by atoms with Crippen LogP contribution in [0.4, 0.5) is 4.79 Å². The summed E-state index contributed by atoms with van der Waals surface area (Å²) in [6, 6.07) is -0.189. The van der Waals surface area contributed by atoms with Crippen molar-refractivity contribution in [1.82, 2.24) is 10.4 Å². The molecule has 0 aromatic carbocycles. The lowest BCUT2D eigenvalue weighted by atomic mass is 9.78. The van der Waals surface area contributed by atoms with Crippen LogP contribution in [0.1, 0.15) is 47.5 Å². The third-order valence-corrected chi connectivity index (χ3v) is 4.89. The summed E-state index contributed by atoms with van der Waals surface area (Å²) in [5.41, 5.74) is -2.33. The summed E-state index contributed by atoms with van der Waals surface area (Å²) >= 11 is 0. The molecule has 9 nitrogen and oxygen atoms in total. The largest absolute Gasteiger partial charge is 0.508 e. The first-order valence-electron chi connectivity index (χ1n) is 9.07. The zero-order valence-corrected chi connectivity index (χ0v) is 17.2. The number of carbonyl (C=O) groups is 2. The molecule has 0 saturated carbocycles. The molecule has 0 radical (unpaired) electrons. The van der Waals surface area contributed by atoms with Crippen molar-refractivity contribution in [2.75, 3.05) is 33.5 Å². The number of carbonyl (C=O) groups excluding carboxylic acids is 2. The molecule has 1 rings (SSSR count). The summed E-state index contributed by atoms with van der Waals surface area (Å²) in [6.45, 7) is 8.60. The normalized spacial score (nSPS) is 21.9. The van der Waals surface area contributed by atoms with E-state index in [1.807, 2.05) is 27.7 Å². The van der Waals surface area contributed by atoms with Crippen molar-refractivity contribution < 1.29 is 34.1 Å². The Kier molecular flexibility index (Phi) is 8.03. The van der Waals surface area contributed by atoms with Gasteiger partial charge in [-0.3, -0.25) is 4.79 Å². The van der Waals surface area contributed by atoms with E-state index in [0.717, 1.165) is 0 Å². The van der Waals surface area contributed by atoms with Gasteiger partial charge in [-0.05, 0) is 47.5 Å². The van der Waals surface area contributed by atoms with Crippen LogP contribution in [0.3, 0.4) is 0 Å². The van der Waals surface area contributed by atoms with Crippen molar-refractivity contribution in [3.8, 4) is 0 Å². The molecule has 1 amide bonds. The quantitative estimate of drug-likeness (QED) is 0.419. The Labute approximate surface area is 160 Å². The Bertz CT molecular complexity index is 506. The van der Waals surface area contributed by atoms with Gasteiger partial charge in [-0.1, -0.05) is 0 Å². The van der Waals surface area contributed by atoms with Crippen LogP contribution in [0.15, 0.2) is 0 Å². The average Bonchev–Trinajstić information content (AvgIpc) is 2.57. The Morgan fingerprint density at radius 2 is 1.70 bits per heavy atom. The minimum atomic E-state index is -1.30. The van der Waals surface area contributed by atoms with Crippen LogP contribution in [-0.2, 0) is 19.0 Å². The van der Waals surface area contributed by atoms with Gasteiger partial charge in [-0.25, -0.2) is 4.79 Å². The fourth-order valence-electron chi connectivity index (χ4n) is 3.38. The van der Waals surface area contributed by atoms with E-state index in [4.69, 9.17) is 14.2 Å². The number of amides is 1. The Hall–Kier alpha value is -1.42. The standard InChI is InChI=1S/C18H34N2O7/c1-16(2)9-13(10-17(3,4)20(16)24)19-14(22)18(5,11-21)12-27-15(23)26-8-7-25-6/h13,21,24H,7-12H2,1-6H3,(H,19,22). The van der Waals surface area contributed by atoms with Crippen LogP contribution < -0.4 is 5.32 Å². The Morgan fingerprint density at radius 3 is 2.19 bits per heavy atom. The lowest BCUT2D eigenvalue weighted by molar-refractivity contribution is -0.246. The SMILES string of the molecule is COCCOC(=O)OCC(C)(CO)C(=O)NC1CC(C)(C)N(O)C(C)(C)C1. The molecule has 0 aliphatic carbocycles. The number of aliphatic hydroxyl groups excluding tert-OH is 1. The number of hydrogen-bond acceptors (Lipinski definition) is 8. The minimum absolute atomic E-state index is 0.0429. The fourth-order valence-corrected chi connectivity index (χ4v) is 3.38. The second-order valence-corrected chi connectivity index (χ2v) is 8.61. The van der Waals surface area contributed by atoms with Gasteiger partial charge in [0.25, 0.3) is 0 Å². The highest BCUT2D eigenvalue weighted by molar-refractivity contribution is 5.83. The van der Waals surface area contributed by atoms with Gasteiger partial charge in [-0.15, -0.1) is 0 Å². The van der Waals surface area contributed by atoms with Gasteiger partial charge in [0.2, 0.25) is 5.91 Å². The predicted octanol–water partition coefficient (Wildman–Crippen LogP) is 1.31. The highest BCUT2D eigenvalue weighted by Crippen LogP contribution is 2.37. The molecule has 1 saturated heterocycles. The number of methoxy groups -OCH3 is 1. The summed E-state index contributed by atoms with van der Waals surface area (Å²) in [6.07, 6.45) is 0.163. The van der Waals surface area contributed by atoms with Crippen LogP contribution in [0.25, 0.3) is 0 Å². The number of aliphatic hydroxyl groups is 1. The first kappa shape index (κ1) is 23.6. The number of hydroxylamine groups is 2. The molecule has 158 valence electrons.